The zero-order chi connectivity index (χ0) is 12.8. The molecule has 0 atom stereocenters. The van der Waals surface area contributed by atoms with E-state index in [2.05, 4.69) is 16.8 Å². The topological polar surface area (TPSA) is 36.4 Å². The first-order valence-electron chi connectivity index (χ1n) is 6.68. The SMILES string of the molecule is CCN1CCN(C(=O)CCc2cccnc2)CC1. The maximum absolute atomic E-state index is 12.1. The van der Waals surface area contributed by atoms with Gasteiger partial charge in [0.2, 0.25) is 5.91 Å². The number of amides is 1. The second-order valence-electron chi connectivity index (χ2n) is 4.68. The first kappa shape index (κ1) is 13.0. The number of likely N-dealkylation sites (N-methyl/N-ethyl adjacent to an activating group) is 1. The van der Waals surface area contributed by atoms with Crippen LogP contribution in [0.5, 0.6) is 0 Å². The van der Waals surface area contributed by atoms with E-state index in [4.69, 9.17) is 0 Å². The van der Waals surface area contributed by atoms with Gasteiger partial charge in [0, 0.05) is 45.0 Å². The van der Waals surface area contributed by atoms with Crippen molar-refractivity contribution in [1.29, 1.82) is 0 Å². The summed E-state index contributed by atoms with van der Waals surface area (Å²) in [4.78, 5) is 20.5. The van der Waals surface area contributed by atoms with E-state index in [9.17, 15) is 4.79 Å². The Labute approximate surface area is 109 Å². The molecule has 1 aliphatic heterocycles. The fourth-order valence-corrected chi connectivity index (χ4v) is 2.27. The van der Waals surface area contributed by atoms with Gasteiger partial charge in [-0.15, -0.1) is 0 Å². The summed E-state index contributed by atoms with van der Waals surface area (Å²) >= 11 is 0. The highest BCUT2D eigenvalue weighted by molar-refractivity contribution is 5.76. The van der Waals surface area contributed by atoms with Gasteiger partial charge in [-0.3, -0.25) is 9.78 Å². The summed E-state index contributed by atoms with van der Waals surface area (Å²) in [5.41, 5.74) is 1.14. The average molecular weight is 247 g/mol. The summed E-state index contributed by atoms with van der Waals surface area (Å²) in [7, 11) is 0. The first-order valence-corrected chi connectivity index (χ1v) is 6.68. The Morgan fingerprint density at radius 3 is 2.72 bits per heavy atom. The molecule has 98 valence electrons. The summed E-state index contributed by atoms with van der Waals surface area (Å²) in [6.07, 6.45) is 4.98. The number of rotatable bonds is 4. The molecule has 0 aromatic carbocycles. The van der Waals surface area contributed by atoms with E-state index in [0.29, 0.717) is 6.42 Å². The number of aryl methyl sites for hydroxylation is 1. The van der Waals surface area contributed by atoms with Crippen LogP contribution < -0.4 is 0 Å². The van der Waals surface area contributed by atoms with E-state index in [1.54, 1.807) is 6.20 Å². The van der Waals surface area contributed by atoms with Crippen molar-refractivity contribution in [3.63, 3.8) is 0 Å². The predicted molar refractivity (Wildman–Crippen MR) is 71.3 cm³/mol. The minimum absolute atomic E-state index is 0.273. The van der Waals surface area contributed by atoms with E-state index < -0.39 is 0 Å². The van der Waals surface area contributed by atoms with Gasteiger partial charge in [-0.05, 0) is 24.6 Å². The van der Waals surface area contributed by atoms with Crippen molar-refractivity contribution in [3.8, 4) is 0 Å². The van der Waals surface area contributed by atoms with E-state index in [1.165, 1.54) is 0 Å². The fourth-order valence-electron chi connectivity index (χ4n) is 2.27. The molecule has 0 saturated carbocycles. The molecule has 1 aliphatic rings. The number of carbonyl (C=O) groups is 1. The van der Waals surface area contributed by atoms with Gasteiger partial charge in [-0.25, -0.2) is 0 Å². The number of hydrogen-bond acceptors (Lipinski definition) is 3. The molecular weight excluding hydrogens is 226 g/mol. The molecule has 0 N–H and O–H groups in total. The Balaban J connectivity index is 1.75. The van der Waals surface area contributed by atoms with Crippen molar-refractivity contribution in [2.45, 2.75) is 19.8 Å². The fraction of sp³-hybridized carbons (Fsp3) is 0.571. The van der Waals surface area contributed by atoms with Gasteiger partial charge in [-0.2, -0.15) is 0 Å². The molecule has 4 heteroatoms. The second-order valence-corrected chi connectivity index (χ2v) is 4.68. The highest BCUT2D eigenvalue weighted by atomic mass is 16.2. The number of nitrogens with zero attached hydrogens (tertiary/aromatic N) is 3. The monoisotopic (exact) mass is 247 g/mol. The minimum Gasteiger partial charge on any atom is -0.340 e. The van der Waals surface area contributed by atoms with Gasteiger partial charge in [0.05, 0.1) is 0 Å². The van der Waals surface area contributed by atoms with E-state index in [0.717, 1.165) is 44.7 Å². The number of carbonyl (C=O) groups excluding carboxylic acids is 1. The number of piperazine rings is 1. The average Bonchev–Trinajstić information content (AvgIpc) is 2.46. The van der Waals surface area contributed by atoms with Crippen LogP contribution in [-0.4, -0.2) is 53.4 Å². The van der Waals surface area contributed by atoms with Gasteiger partial charge in [-0.1, -0.05) is 13.0 Å². The summed E-state index contributed by atoms with van der Waals surface area (Å²) in [5.74, 6) is 0.273. The van der Waals surface area contributed by atoms with Crippen LogP contribution in [0.3, 0.4) is 0 Å². The molecule has 1 saturated heterocycles. The maximum atomic E-state index is 12.1. The maximum Gasteiger partial charge on any atom is 0.222 e. The lowest BCUT2D eigenvalue weighted by Crippen LogP contribution is -2.48. The normalized spacial score (nSPS) is 16.8. The first-order chi connectivity index (χ1) is 8.79. The Kier molecular flexibility index (Phi) is 4.70. The largest absolute Gasteiger partial charge is 0.340 e. The van der Waals surface area contributed by atoms with Gasteiger partial charge >= 0.3 is 0 Å². The Morgan fingerprint density at radius 2 is 2.11 bits per heavy atom. The summed E-state index contributed by atoms with van der Waals surface area (Å²) in [6.45, 7) is 7.02. The molecule has 18 heavy (non-hydrogen) atoms. The predicted octanol–water partition coefficient (Wildman–Crippen LogP) is 1.18. The smallest absolute Gasteiger partial charge is 0.222 e. The third-order valence-electron chi connectivity index (χ3n) is 3.52. The molecule has 1 aromatic heterocycles. The van der Waals surface area contributed by atoms with E-state index >= 15 is 0 Å². The van der Waals surface area contributed by atoms with Crippen LogP contribution in [0.15, 0.2) is 24.5 Å². The molecule has 0 bridgehead atoms. The standard InChI is InChI=1S/C14H21N3O/c1-2-16-8-10-17(11-9-16)14(18)6-5-13-4-3-7-15-12-13/h3-4,7,12H,2,5-6,8-11H2,1H3. The summed E-state index contributed by atoms with van der Waals surface area (Å²) in [6, 6.07) is 3.94. The number of hydrogen-bond donors (Lipinski definition) is 0. The lowest BCUT2D eigenvalue weighted by atomic mass is 10.1. The molecule has 0 unspecified atom stereocenters. The number of aromatic nitrogens is 1. The van der Waals surface area contributed by atoms with Crippen molar-refractivity contribution in [2.75, 3.05) is 32.7 Å². The molecule has 2 heterocycles. The van der Waals surface area contributed by atoms with Crippen molar-refractivity contribution in [2.24, 2.45) is 0 Å². The molecule has 1 aromatic rings. The van der Waals surface area contributed by atoms with Crippen molar-refractivity contribution in [1.82, 2.24) is 14.8 Å². The van der Waals surface area contributed by atoms with Crippen molar-refractivity contribution >= 4 is 5.91 Å². The molecule has 1 amide bonds. The Hall–Kier alpha value is -1.42. The van der Waals surface area contributed by atoms with Crippen LogP contribution >= 0.6 is 0 Å². The summed E-state index contributed by atoms with van der Waals surface area (Å²) < 4.78 is 0. The molecule has 4 nitrogen and oxygen atoms in total. The molecule has 2 rings (SSSR count). The zero-order valence-electron chi connectivity index (χ0n) is 11.0. The van der Waals surface area contributed by atoms with Crippen LogP contribution in [0.4, 0.5) is 0 Å². The third kappa shape index (κ3) is 3.53. The second kappa shape index (κ2) is 6.50. The van der Waals surface area contributed by atoms with Crippen molar-refractivity contribution in [3.05, 3.63) is 30.1 Å². The Bertz CT molecular complexity index is 372. The highest BCUT2D eigenvalue weighted by Crippen LogP contribution is 2.06. The van der Waals surface area contributed by atoms with Gasteiger partial charge in [0.25, 0.3) is 0 Å². The Morgan fingerprint density at radius 1 is 1.33 bits per heavy atom. The molecule has 0 spiro atoms. The highest BCUT2D eigenvalue weighted by Gasteiger charge is 2.19. The summed E-state index contributed by atoms with van der Waals surface area (Å²) in [5, 5.41) is 0. The van der Waals surface area contributed by atoms with Crippen LogP contribution in [0, 0.1) is 0 Å². The minimum atomic E-state index is 0.273. The van der Waals surface area contributed by atoms with Crippen LogP contribution in [-0.2, 0) is 11.2 Å². The lowest BCUT2D eigenvalue weighted by Gasteiger charge is -2.34. The van der Waals surface area contributed by atoms with Gasteiger partial charge < -0.3 is 9.80 Å². The molecular formula is C14H21N3O. The van der Waals surface area contributed by atoms with Crippen LogP contribution in [0.1, 0.15) is 18.9 Å². The third-order valence-corrected chi connectivity index (χ3v) is 3.52. The van der Waals surface area contributed by atoms with Gasteiger partial charge in [0.15, 0.2) is 0 Å². The molecule has 0 aliphatic carbocycles. The zero-order valence-corrected chi connectivity index (χ0v) is 11.0. The quantitative estimate of drug-likeness (QED) is 0.801. The van der Waals surface area contributed by atoms with Crippen LogP contribution in [0.25, 0.3) is 0 Å². The van der Waals surface area contributed by atoms with Crippen LogP contribution in [0.2, 0.25) is 0 Å². The van der Waals surface area contributed by atoms with Crippen molar-refractivity contribution < 1.29 is 4.79 Å². The molecule has 1 fully saturated rings. The lowest BCUT2D eigenvalue weighted by molar-refractivity contribution is -0.132. The van der Waals surface area contributed by atoms with E-state index in [1.807, 2.05) is 23.2 Å². The van der Waals surface area contributed by atoms with E-state index in [-0.39, 0.29) is 5.91 Å². The number of pyridine rings is 1. The molecule has 0 radical (unpaired) electrons. The van der Waals surface area contributed by atoms with Gasteiger partial charge in [0.1, 0.15) is 0 Å².